The highest BCUT2D eigenvalue weighted by Crippen LogP contribution is 2.14. The van der Waals surface area contributed by atoms with Crippen molar-refractivity contribution < 1.29 is 9.53 Å². The van der Waals surface area contributed by atoms with Crippen LogP contribution in [-0.4, -0.2) is 63.7 Å². The minimum Gasteiger partial charge on any atom is -0.481 e. The van der Waals surface area contributed by atoms with Gasteiger partial charge in [0, 0.05) is 50.8 Å². The van der Waals surface area contributed by atoms with E-state index in [0.717, 1.165) is 0 Å². The van der Waals surface area contributed by atoms with Gasteiger partial charge in [-0.05, 0) is 0 Å². The third-order valence-electron chi connectivity index (χ3n) is 3.38. The summed E-state index contributed by atoms with van der Waals surface area (Å²) in [4.78, 5) is 28.5. The van der Waals surface area contributed by atoms with Crippen LogP contribution in [0.5, 0.6) is 5.88 Å². The Kier molecular flexibility index (Phi) is 3.67. The van der Waals surface area contributed by atoms with Gasteiger partial charge in [-0.3, -0.25) is 4.57 Å². The van der Waals surface area contributed by atoms with E-state index in [1.807, 2.05) is 4.90 Å². The molecule has 1 aliphatic heterocycles. The highest BCUT2D eigenvalue weighted by atomic mass is 16.5. The normalized spacial score (nSPS) is 15.1. The van der Waals surface area contributed by atoms with E-state index < -0.39 is 0 Å². The molecule has 0 saturated carbocycles. The van der Waals surface area contributed by atoms with Crippen molar-refractivity contribution in [3.63, 3.8) is 0 Å². The molecule has 0 unspecified atom stereocenters. The van der Waals surface area contributed by atoms with Crippen LogP contribution in [0.2, 0.25) is 0 Å². The van der Waals surface area contributed by atoms with Crippen LogP contribution in [0.4, 0.5) is 10.7 Å². The molecule has 0 bridgehead atoms. The van der Waals surface area contributed by atoms with Crippen molar-refractivity contribution >= 4 is 12.0 Å². The number of piperazine rings is 1. The maximum atomic E-state index is 12.2. The third-order valence-corrected chi connectivity index (χ3v) is 3.38. The average molecular weight is 288 g/mol. The van der Waals surface area contributed by atoms with E-state index in [4.69, 9.17) is 4.74 Å². The summed E-state index contributed by atoms with van der Waals surface area (Å²) in [6.07, 6.45) is 6.43. The number of nitrogens with zero attached hydrogens (tertiary/aromatic N) is 6. The number of aromatic nitrogens is 4. The smallest absolute Gasteiger partial charge is 0.329 e. The van der Waals surface area contributed by atoms with Gasteiger partial charge in [0.25, 0.3) is 0 Å². The second-order valence-corrected chi connectivity index (χ2v) is 4.63. The standard InChI is InChI=1S/C13H16N6O2/c1-21-11-2-3-15-12(16-11)17-6-8-18(9-7-17)13(20)19-5-4-14-10-19/h2-5,10H,6-9H2,1H3. The third kappa shape index (κ3) is 2.78. The highest BCUT2D eigenvalue weighted by molar-refractivity contribution is 5.76. The van der Waals surface area contributed by atoms with Crippen molar-refractivity contribution in [2.75, 3.05) is 38.2 Å². The number of carbonyl (C=O) groups is 1. The first kappa shape index (κ1) is 13.3. The zero-order valence-electron chi connectivity index (χ0n) is 11.7. The number of carbonyl (C=O) groups excluding carboxylic acids is 1. The maximum absolute atomic E-state index is 12.2. The molecule has 8 heteroatoms. The lowest BCUT2D eigenvalue weighted by atomic mass is 10.3. The van der Waals surface area contributed by atoms with Crippen LogP contribution in [0.3, 0.4) is 0 Å². The van der Waals surface area contributed by atoms with Gasteiger partial charge >= 0.3 is 6.03 Å². The zero-order chi connectivity index (χ0) is 14.7. The number of imidazole rings is 1. The Morgan fingerprint density at radius 2 is 2.05 bits per heavy atom. The molecule has 3 heterocycles. The van der Waals surface area contributed by atoms with Crippen LogP contribution in [0.1, 0.15) is 0 Å². The van der Waals surface area contributed by atoms with Gasteiger partial charge in [-0.2, -0.15) is 4.98 Å². The maximum Gasteiger partial charge on any atom is 0.329 e. The van der Waals surface area contributed by atoms with Gasteiger partial charge in [0.15, 0.2) is 0 Å². The van der Waals surface area contributed by atoms with Crippen molar-refractivity contribution in [3.05, 3.63) is 31.0 Å². The zero-order valence-corrected chi connectivity index (χ0v) is 11.7. The summed E-state index contributed by atoms with van der Waals surface area (Å²) in [5, 5.41) is 0. The molecule has 0 radical (unpaired) electrons. The van der Waals surface area contributed by atoms with Crippen LogP contribution in [0.15, 0.2) is 31.0 Å². The molecule has 2 aromatic rings. The van der Waals surface area contributed by atoms with E-state index in [0.29, 0.717) is 38.0 Å². The minimum atomic E-state index is -0.0567. The Balaban J connectivity index is 1.63. The highest BCUT2D eigenvalue weighted by Gasteiger charge is 2.23. The van der Waals surface area contributed by atoms with Gasteiger partial charge in [0.05, 0.1) is 7.11 Å². The Labute approximate surface area is 122 Å². The fourth-order valence-electron chi connectivity index (χ4n) is 2.23. The second-order valence-electron chi connectivity index (χ2n) is 4.63. The summed E-state index contributed by atoms with van der Waals surface area (Å²) in [5.41, 5.74) is 0. The molecule has 0 aliphatic carbocycles. The number of hydrogen-bond donors (Lipinski definition) is 0. The Morgan fingerprint density at radius 3 is 2.71 bits per heavy atom. The number of rotatable bonds is 2. The second kappa shape index (κ2) is 5.78. The van der Waals surface area contributed by atoms with E-state index in [1.54, 1.807) is 36.7 Å². The van der Waals surface area contributed by atoms with Gasteiger partial charge in [-0.1, -0.05) is 0 Å². The summed E-state index contributed by atoms with van der Waals surface area (Å²) in [7, 11) is 1.58. The van der Waals surface area contributed by atoms with Gasteiger partial charge < -0.3 is 14.5 Å². The molecule has 1 aliphatic rings. The minimum absolute atomic E-state index is 0.0567. The molecule has 1 amide bonds. The van der Waals surface area contributed by atoms with Crippen molar-refractivity contribution in [1.82, 2.24) is 24.4 Å². The SMILES string of the molecule is COc1ccnc(N2CCN(C(=O)n3ccnc3)CC2)n1. The predicted molar refractivity (Wildman–Crippen MR) is 75.4 cm³/mol. The largest absolute Gasteiger partial charge is 0.481 e. The topological polar surface area (TPSA) is 76.4 Å². The molecule has 110 valence electrons. The molecular formula is C13H16N6O2. The summed E-state index contributed by atoms with van der Waals surface area (Å²) >= 11 is 0. The molecule has 2 aromatic heterocycles. The summed E-state index contributed by atoms with van der Waals surface area (Å²) in [6, 6.07) is 1.65. The summed E-state index contributed by atoms with van der Waals surface area (Å²) in [5.74, 6) is 1.17. The fraction of sp³-hybridized carbons (Fsp3) is 0.385. The lowest BCUT2D eigenvalue weighted by Gasteiger charge is -2.34. The van der Waals surface area contributed by atoms with E-state index in [-0.39, 0.29) is 6.03 Å². The number of methoxy groups -OCH3 is 1. The van der Waals surface area contributed by atoms with Crippen molar-refractivity contribution in [3.8, 4) is 5.88 Å². The number of ether oxygens (including phenoxy) is 1. The Hall–Kier alpha value is -2.64. The van der Waals surface area contributed by atoms with E-state index in [2.05, 4.69) is 15.0 Å². The molecule has 1 fully saturated rings. The average Bonchev–Trinajstić information content (AvgIpc) is 3.09. The van der Waals surface area contributed by atoms with Gasteiger partial charge in [-0.25, -0.2) is 14.8 Å². The van der Waals surface area contributed by atoms with Gasteiger partial charge in [0.1, 0.15) is 6.33 Å². The first-order valence-corrected chi connectivity index (χ1v) is 6.67. The molecule has 1 saturated heterocycles. The van der Waals surface area contributed by atoms with E-state index in [9.17, 15) is 4.79 Å². The van der Waals surface area contributed by atoms with Crippen LogP contribution >= 0.6 is 0 Å². The number of anilines is 1. The van der Waals surface area contributed by atoms with E-state index in [1.165, 1.54) is 10.9 Å². The van der Waals surface area contributed by atoms with Crippen LogP contribution in [0, 0.1) is 0 Å². The molecule has 0 aromatic carbocycles. The molecule has 0 atom stereocenters. The predicted octanol–water partition coefficient (Wildman–Crippen LogP) is 0.472. The monoisotopic (exact) mass is 288 g/mol. The van der Waals surface area contributed by atoms with Crippen LogP contribution < -0.4 is 9.64 Å². The lowest BCUT2D eigenvalue weighted by Crippen LogP contribution is -2.50. The van der Waals surface area contributed by atoms with Crippen LogP contribution in [-0.2, 0) is 0 Å². The molecule has 8 nitrogen and oxygen atoms in total. The number of hydrogen-bond acceptors (Lipinski definition) is 6. The lowest BCUT2D eigenvalue weighted by molar-refractivity contribution is 0.195. The van der Waals surface area contributed by atoms with Crippen molar-refractivity contribution in [1.29, 1.82) is 0 Å². The quantitative estimate of drug-likeness (QED) is 0.799. The molecule has 0 N–H and O–H groups in total. The molecule has 0 spiro atoms. The van der Waals surface area contributed by atoms with Crippen LogP contribution in [0.25, 0.3) is 0 Å². The summed E-state index contributed by atoms with van der Waals surface area (Å²) in [6.45, 7) is 2.62. The molecule has 3 rings (SSSR count). The fourth-order valence-corrected chi connectivity index (χ4v) is 2.23. The first-order valence-electron chi connectivity index (χ1n) is 6.67. The Bertz CT molecular complexity index is 607. The molecular weight excluding hydrogens is 272 g/mol. The van der Waals surface area contributed by atoms with Gasteiger partial charge in [0.2, 0.25) is 11.8 Å². The first-order chi connectivity index (χ1) is 10.3. The van der Waals surface area contributed by atoms with Crippen molar-refractivity contribution in [2.45, 2.75) is 0 Å². The molecule has 21 heavy (non-hydrogen) atoms. The van der Waals surface area contributed by atoms with Gasteiger partial charge in [-0.15, -0.1) is 0 Å². The number of amides is 1. The Morgan fingerprint density at radius 1 is 1.24 bits per heavy atom. The summed E-state index contributed by atoms with van der Waals surface area (Å²) < 4.78 is 6.59. The van der Waals surface area contributed by atoms with E-state index >= 15 is 0 Å². The van der Waals surface area contributed by atoms with Crippen molar-refractivity contribution in [2.24, 2.45) is 0 Å².